The van der Waals surface area contributed by atoms with E-state index in [0.717, 1.165) is 65.3 Å². The standard InChI is InChI=1S/C20H25N5OS.2ClH/c1-13-18-15(20(26)25-8-6-14(7-9-25)12-21-2)11-16(17-5-4-10-27-17)22-19(18)24(3)23-13;;/h4-5,10-11,14,21H,6-9,12H2,1-3H3;2*1H. The summed E-state index contributed by atoms with van der Waals surface area (Å²) in [6.07, 6.45) is 2.09. The van der Waals surface area contributed by atoms with Gasteiger partial charge in [-0.1, -0.05) is 6.07 Å². The fourth-order valence-electron chi connectivity index (χ4n) is 3.96. The van der Waals surface area contributed by atoms with Crippen molar-refractivity contribution in [3.63, 3.8) is 0 Å². The van der Waals surface area contributed by atoms with Gasteiger partial charge < -0.3 is 10.2 Å². The Balaban J connectivity index is 0.00000150. The predicted octanol–water partition coefficient (Wildman–Crippen LogP) is 3.92. The average Bonchev–Trinajstić information content (AvgIpc) is 3.30. The van der Waals surface area contributed by atoms with Crippen molar-refractivity contribution in [1.29, 1.82) is 0 Å². The molecule has 1 amide bonds. The molecule has 0 aromatic carbocycles. The van der Waals surface area contributed by atoms with E-state index >= 15 is 0 Å². The van der Waals surface area contributed by atoms with Crippen molar-refractivity contribution in [2.45, 2.75) is 19.8 Å². The molecule has 0 spiro atoms. The molecule has 1 N–H and O–H groups in total. The minimum Gasteiger partial charge on any atom is -0.339 e. The molecule has 158 valence electrons. The van der Waals surface area contributed by atoms with Gasteiger partial charge in [-0.25, -0.2) is 4.98 Å². The summed E-state index contributed by atoms with van der Waals surface area (Å²) >= 11 is 1.63. The van der Waals surface area contributed by atoms with E-state index in [1.165, 1.54) is 0 Å². The summed E-state index contributed by atoms with van der Waals surface area (Å²) < 4.78 is 1.78. The lowest BCUT2D eigenvalue weighted by Crippen LogP contribution is -2.40. The van der Waals surface area contributed by atoms with Gasteiger partial charge >= 0.3 is 0 Å². The Bertz CT molecular complexity index is 965. The lowest BCUT2D eigenvalue weighted by atomic mass is 9.96. The van der Waals surface area contributed by atoms with Gasteiger partial charge in [0.15, 0.2) is 5.65 Å². The molecule has 0 unspecified atom stereocenters. The number of aryl methyl sites for hydroxylation is 2. The number of hydrogen-bond donors (Lipinski definition) is 1. The maximum Gasteiger partial charge on any atom is 0.254 e. The highest BCUT2D eigenvalue weighted by atomic mass is 35.5. The van der Waals surface area contributed by atoms with E-state index in [9.17, 15) is 4.79 Å². The Hall–Kier alpha value is -1.67. The molecule has 4 heterocycles. The van der Waals surface area contributed by atoms with E-state index in [2.05, 4.69) is 10.4 Å². The zero-order chi connectivity index (χ0) is 19.0. The van der Waals surface area contributed by atoms with Crippen molar-refractivity contribution in [3.8, 4) is 10.6 Å². The molecule has 3 aromatic rings. The number of nitrogens with zero attached hydrogens (tertiary/aromatic N) is 4. The highest BCUT2D eigenvalue weighted by Crippen LogP contribution is 2.30. The number of aromatic nitrogens is 3. The largest absolute Gasteiger partial charge is 0.339 e. The maximum atomic E-state index is 13.4. The van der Waals surface area contributed by atoms with E-state index in [-0.39, 0.29) is 30.7 Å². The summed E-state index contributed by atoms with van der Waals surface area (Å²) in [5.41, 5.74) is 3.19. The first kappa shape index (κ1) is 23.6. The van der Waals surface area contributed by atoms with Crippen LogP contribution >= 0.6 is 36.2 Å². The van der Waals surface area contributed by atoms with Gasteiger partial charge in [-0.2, -0.15) is 5.10 Å². The smallest absolute Gasteiger partial charge is 0.254 e. The van der Waals surface area contributed by atoms with Gasteiger partial charge in [0.25, 0.3) is 5.91 Å². The van der Waals surface area contributed by atoms with Gasteiger partial charge in [-0.3, -0.25) is 9.48 Å². The molecule has 0 atom stereocenters. The van der Waals surface area contributed by atoms with Crippen LogP contribution in [-0.4, -0.2) is 52.3 Å². The second kappa shape index (κ2) is 9.89. The number of thiophene rings is 1. The van der Waals surface area contributed by atoms with E-state index in [0.29, 0.717) is 5.92 Å². The molecule has 0 bridgehead atoms. The Morgan fingerprint density at radius 1 is 1.31 bits per heavy atom. The summed E-state index contributed by atoms with van der Waals surface area (Å²) in [5.74, 6) is 0.748. The van der Waals surface area contributed by atoms with Gasteiger partial charge in [0.05, 0.1) is 27.2 Å². The third-order valence-electron chi connectivity index (χ3n) is 5.37. The minimum absolute atomic E-state index is 0. The van der Waals surface area contributed by atoms with E-state index in [1.807, 2.05) is 49.5 Å². The number of halogens is 2. The van der Waals surface area contributed by atoms with Crippen LogP contribution in [0.5, 0.6) is 0 Å². The fraction of sp³-hybridized carbons (Fsp3) is 0.450. The third kappa shape index (κ3) is 4.58. The molecule has 3 aromatic heterocycles. The van der Waals surface area contributed by atoms with Crippen LogP contribution in [0.1, 0.15) is 28.9 Å². The fourth-order valence-corrected chi connectivity index (χ4v) is 4.65. The topological polar surface area (TPSA) is 63.1 Å². The van der Waals surface area contributed by atoms with Crippen molar-refractivity contribution < 1.29 is 4.79 Å². The van der Waals surface area contributed by atoms with E-state index in [1.54, 1.807) is 16.0 Å². The minimum atomic E-state index is 0. The second-order valence-corrected chi connectivity index (χ2v) is 8.18. The van der Waals surface area contributed by atoms with Crippen LogP contribution in [0.4, 0.5) is 0 Å². The molecule has 9 heteroatoms. The normalized spacial score (nSPS) is 14.5. The number of carbonyl (C=O) groups excluding carboxylic acids is 1. The average molecular weight is 456 g/mol. The SMILES string of the molecule is CNCC1CCN(C(=O)c2cc(-c3cccs3)nc3c2c(C)nn3C)CC1.Cl.Cl. The van der Waals surface area contributed by atoms with Crippen molar-refractivity contribution in [3.05, 3.63) is 34.8 Å². The van der Waals surface area contributed by atoms with Crippen LogP contribution in [-0.2, 0) is 7.05 Å². The summed E-state index contributed by atoms with van der Waals surface area (Å²) in [6, 6.07) is 6.00. The van der Waals surface area contributed by atoms with E-state index < -0.39 is 0 Å². The molecule has 1 aliphatic rings. The van der Waals surface area contributed by atoms with Gasteiger partial charge in [0, 0.05) is 20.1 Å². The number of piperidine rings is 1. The molecule has 1 aliphatic heterocycles. The Morgan fingerprint density at radius 3 is 2.66 bits per heavy atom. The molecular formula is C20H27Cl2N5OS. The van der Waals surface area contributed by atoms with Crippen LogP contribution in [0.3, 0.4) is 0 Å². The van der Waals surface area contributed by atoms with Crippen LogP contribution < -0.4 is 5.32 Å². The number of pyridine rings is 1. The molecule has 0 saturated carbocycles. The molecule has 0 aliphatic carbocycles. The van der Waals surface area contributed by atoms with Crippen LogP contribution in [0.2, 0.25) is 0 Å². The number of rotatable bonds is 4. The Labute approximate surface area is 187 Å². The first-order valence-electron chi connectivity index (χ1n) is 9.40. The molecule has 0 radical (unpaired) electrons. The van der Waals surface area contributed by atoms with Crippen molar-refractivity contribution in [2.75, 3.05) is 26.7 Å². The zero-order valence-corrected chi connectivity index (χ0v) is 19.3. The molecule has 6 nitrogen and oxygen atoms in total. The van der Waals surface area contributed by atoms with Gasteiger partial charge in [-0.15, -0.1) is 36.2 Å². The van der Waals surface area contributed by atoms with Crippen molar-refractivity contribution in [1.82, 2.24) is 25.0 Å². The highest BCUT2D eigenvalue weighted by molar-refractivity contribution is 7.13. The number of fused-ring (bicyclic) bond motifs is 1. The summed E-state index contributed by atoms with van der Waals surface area (Å²) in [5, 5.41) is 10.7. The lowest BCUT2D eigenvalue weighted by Gasteiger charge is -2.32. The Kier molecular flexibility index (Phi) is 8.05. The maximum absolute atomic E-state index is 13.4. The van der Waals surface area contributed by atoms with Crippen molar-refractivity contribution in [2.24, 2.45) is 13.0 Å². The highest BCUT2D eigenvalue weighted by Gasteiger charge is 2.27. The molecule has 29 heavy (non-hydrogen) atoms. The summed E-state index contributed by atoms with van der Waals surface area (Å²) in [7, 11) is 3.88. The predicted molar refractivity (Wildman–Crippen MR) is 124 cm³/mol. The number of carbonyl (C=O) groups is 1. The molecule has 1 saturated heterocycles. The Morgan fingerprint density at radius 2 is 2.03 bits per heavy atom. The quantitative estimate of drug-likeness (QED) is 0.647. The first-order chi connectivity index (χ1) is 13.1. The second-order valence-electron chi connectivity index (χ2n) is 7.23. The number of likely N-dealkylation sites (tertiary alicyclic amines) is 1. The van der Waals surface area contributed by atoms with Crippen LogP contribution in [0.15, 0.2) is 23.6 Å². The first-order valence-corrected chi connectivity index (χ1v) is 10.3. The van der Waals surface area contributed by atoms with Gasteiger partial charge in [-0.05, 0) is 56.8 Å². The molecule has 1 fully saturated rings. The third-order valence-corrected chi connectivity index (χ3v) is 6.26. The molecular weight excluding hydrogens is 429 g/mol. The number of nitrogens with one attached hydrogen (secondary N) is 1. The van der Waals surface area contributed by atoms with E-state index in [4.69, 9.17) is 4.98 Å². The number of amides is 1. The molecule has 4 rings (SSSR count). The van der Waals surface area contributed by atoms with Crippen LogP contribution in [0.25, 0.3) is 21.6 Å². The zero-order valence-electron chi connectivity index (χ0n) is 16.8. The van der Waals surface area contributed by atoms with Crippen LogP contribution in [0, 0.1) is 12.8 Å². The monoisotopic (exact) mass is 455 g/mol. The lowest BCUT2D eigenvalue weighted by molar-refractivity contribution is 0.0693. The van der Waals surface area contributed by atoms with Gasteiger partial charge in [0.2, 0.25) is 0 Å². The number of hydrogen-bond acceptors (Lipinski definition) is 5. The van der Waals surface area contributed by atoms with Gasteiger partial charge in [0.1, 0.15) is 0 Å². The summed E-state index contributed by atoms with van der Waals surface area (Å²) in [4.78, 5) is 21.3. The summed E-state index contributed by atoms with van der Waals surface area (Å²) in [6.45, 7) is 4.59. The van der Waals surface area contributed by atoms with Crippen molar-refractivity contribution >= 4 is 53.1 Å².